The van der Waals surface area contributed by atoms with Crippen molar-refractivity contribution >= 4 is 11.6 Å². The van der Waals surface area contributed by atoms with Crippen LogP contribution in [0.3, 0.4) is 0 Å². The van der Waals surface area contributed by atoms with Gasteiger partial charge < -0.3 is 9.64 Å². The quantitative estimate of drug-likeness (QED) is 0.601. The molecule has 1 saturated heterocycles. The number of hydrogen-bond acceptors (Lipinski definition) is 2. The average molecular weight is 178 g/mol. The Kier molecular flexibility index (Phi) is 4.20. The van der Waals surface area contributed by atoms with Crippen molar-refractivity contribution in [3.05, 3.63) is 0 Å². The minimum atomic E-state index is 0.637. The molecule has 2 nitrogen and oxygen atoms in total. The van der Waals surface area contributed by atoms with E-state index >= 15 is 0 Å². The molecule has 1 aliphatic heterocycles. The first-order chi connectivity index (χ1) is 5.34. The highest BCUT2D eigenvalue weighted by molar-refractivity contribution is 6.17. The summed E-state index contributed by atoms with van der Waals surface area (Å²) in [6.45, 7) is 2.92. The fourth-order valence-corrected chi connectivity index (χ4v) is 1.48. The monoisotopic (exact) mass is 177 g/mol. The third-order valence-corrected chi connectivity index (χ3v) is 2.44. The van der Waals surface area contributed by atoms with Crippen LogP contribution in [0.15, 0.2) is 0 Å². The van der Waals surface area contributed by atoms with Crippen LogP contribution in [-0.4, -0.2) is 43.6 Å². The van der Waals surface area contributed by atoms with E-state index in [0.717, 1.165) is 32.1 Å². The fraction of sp³-hybridized carbons (Fsp3) is 1.00. The fourth-order valence-electron chi connectivity index (χ4n) is 1.36. The van der Waals surface area contributed by atoms with E-state index in [-0.39, 0.29) is 0 Å². The molecule has 3 heteroatoms. The van der Waals surface area contributed by atoms with Crippen LogP contribution < -0.4 is 0 Å². The zero-order valence-corrected chi connectivity index (χ0v) is 7.81. The van der Waals surface area contributed by atoms with Gasteiger partial charge >= 0.3 is 0 Å². The van der Waals surface area contributed by atoms with Crippen LogP contribution in [0.25, 0.3) is 0 Å². The van der Waals surface area contributed by atoms with Gasteiger partial charge in [0.25, 0.3) is 0 Å². The topological polar surface area (TPSA) is 12.5 Å². The van der Waals surface area contributed by atoms with Crippen molar-refractivity contribution in [3.8, 4) is 0 Å². The lowest BCUT2D eigenvalue weighted by Gasteiger charge is -2.21. The van der Waals surface area contributed by atoms with Gasteiger partial charge in [0.2, 0.25) is 0 Å². The van der Waals surface area contributed by atoms with E-state index in [1.54, 1.807) is 0 Å². The summed E-state index contributed by atoms with van der Waals surface area (Å²) < 4.78 is 5.28. The van der Waals surface area contributed by atoms with Crippen LogP contribution in [0.5, 0.6) is 0 Å². The van der Waals surface area contributed by atoms with Gasteiger partial charge in [0.15, 0.2) is 0 Å². The van der Waals surface area contributed by atoms with Crippen LogP contribution in [0.4, 0.5) is 0 Å². The Morgan fingerprint density at radius 1 is 1.64 bits per heavy atom. The first-order valence-corrected chi connectivity index (χ1v) is 4.72. The summed E-state index contributed by atoms with van der Waals surface area (Å²) in [6.07, 6.45) is 2.26. The van der Waals surface area contributed by atoms with Gasteiger partial charge in [-0.1, -0.05) is 0 Å². The molecule has 0 saturated carbocycles. The molecular formula is C8H16ClNO. The molecule has 1 heterocycles. The van der Waals surface area contributed by atoms with Gasteiger partial charge in [-0.15, -0.1) is 11.6 Å². The summed E-state index contributed by atoms with van der Waals surface area (Å²) in [5.74, 6) is 0.762. The lowest BCUT2D eigenvalue weighted by molar-refractivity contribution is 0.159. The number of rotatable bonds is 4. The van der Waals surface area contributed by atoms with Crippen LogP contribution in [0.2, 0.25) is 0 Å². The molecular weight excluding hydrogens is 162 g/mol. The first-order valence-electron chi connectivity index (χ1n) is 4.18. The number of ether oxygens (including phenoxy) is 1. The van der Waals surface area contributed by atoms with E-state index in [4.69, 9.17) is 16.3 Å². The van der Waals surface area contributed by atoms with Crippen molar-refractivity contribution in [2.24, 2.45) is 0 Å². The molecule has 1 unspecified atom stereocenters. The van der Waals surface area contributed by atoms with Gasteiger partial charge in [0.1, 0.15) is 0 Å². The Bertz CT molecular complexity index is 104. The Morgan fingerprint density at radius 2 is 2.45 bits per heavy atom. The summed E-state index contributed by atoms with van der Waals surface area (Å²) >= 11 is 5.59. The molecule has 0 bridgehead atoms. The van der Waals surface area contributed by atoms with Gasteiger partial charge in [0, 0.05) is 18.5 Å². The van der Waals surface area contributed by atoms with Crippen molar-refractivity contribution in [1.82, 2.24) is 4.90 Å². The van der Waals surface area contributed by atoms with Gasteiger partial charge in [0.05, 0.1) is 6.61 Å². The van der Waals surface area contributed by atoms with Crippen molar-refractivity contribution in [1.29, 1.82) is 0 Å². The lowest BCUT2D eigenvalue weighted by atomic mass is 10.2. The predicted octanol–water partition coefficient (Wildman–Crippen LogP) is 1.34. The minimum Gasteiger partial charge on any atom is -0.380 e. The Labute approximate surface area is 73.5 Å². The summed E-state index contributed by atoms with van der Waals surface area (Å²) in [4.78, 5) is 2.34. The van der Waals surface area contributed by atoms with E-state index in [9.17, 15) is 0 Å². The molecule has 0 aromatic heterocycles. The summed E-state index contributed by atoms with van der Waals surface area (Å²) in [6, 6.07) is 0.637. The van der Waals surface area contributed by atoms with Crippen molar-refractivity contribution < 1.29 is 4.74 Å². The molecule has 0 radical (unpaired) electrons. The molecule has 0 amide bonds. The summed E-state index contributed by atoms with van der Waals surface area (Å²) in [5.41, 5.74) is 0. The van der Waals surface area contributed by atoms with Crippen molar-refractivity contribution in [2.45, 2.75) is 18.9 Å². The Morgan fingerprint density at radius 3 is 3.00 bits per heavy atom. The van der Waals surface area contributed by atoms with Crippen LogP contribution in [-0.2, 0) is 4.74 Å². The highest BCUT2D eigenvalue weighted by Gasteiger charge is 2.19. The molecule has 1 atom stereocenters. The molecule has 0 aromatic rings. The number of likely N-dealkylation sites (N-methyl/N-ethyl adjacent to an activating group) is 1. The first kappa shape index (κ1) is 9.30. The molecule has 0 aliphatic carbocycles. The number of nitrogens with zero attached hydrogens (tertiary/aromatic N) is 1. The maximum atomic E-state index is 5.59. The maximum absolute atomic E-state index is 5.59. The molecule has 66 valence electrons. The van der Waals surface area contributed by atoms with Gasteiger partial charge in [-0.05, 0) is 26.4 Å². The van der Waals surface area contributed by atoms with E-state index in [1.165, 1.54) is 6.42 Å². The Hall–Kier alpha value is 0.210. The second-order valence-electron chi connectivity index (χ2n) is 3.04. The molecule has 1 aliphatic rings. The molecule has 0 aromatic carbocycles. The number of alkyl halides is 1. The minimum absolute atomic E-state index is 0.637. The second-order valence-corrected chi connectivity index (χ2v) is 3.42. The standard InChI is InChI=1S/C8H16ClNO/c1-10(5-2-4-9)8-3-6-11-7-8/h8H,2-7H2,1H3. The summed E-state index contributed by atoms with van der Waals surface area (Å²) in [7, 11) is 2.14. The second kappa shape index (κ2) is 4.96. The molecule has 1 fully saturated rings. The molecule has 0 N–H and O–H groups in total. The van der Waals surface area contributed by atoms with E-state index in [1.807, 2.05) is 0 Å². The number of halogens is 1. The predicted molar refractivity (Wildman–Crippen MR) is 47.2 cm³/mol. The summed E-state index contributed by atoms with van der Waals surface area (Å²) in [5, 5.41) is 0. The smallest absolute Gasteiger partial charge is 0.0622 e. The van der Waals surface area contributed by atoms with E-state index in [2.05, 4.69) is 11.9 Å². The normalized spacial score (nSPS) is 24.8. The van der Waals surface area contributed by atoms with Crippen molar-refractivity contribution in [3.63, 3.8) is 0 Å². The molecule has 11 heavy (non-hydrogen) atoms. The van der Waals surface area contributed by atoms with E-state index < -0.39 is 0 Å². The van der Waals surface area contributed by atoms with Gasteiger partial charge in [-0.2, -0.15) is 0 Å². The molecule has 1 rings (SSSR count). The third kappa shape index (κ3) is 2.97. The zero-order chi connectivity index (χ0) is 8.10. The van der Waals surface area contributed by atoms with Crippen molar-refractivity contribution in [2.75, 3.05) is 32.7 Å². The maximum Gasteiger partial charge on any atom is 0.0622 e. The SMILES string of the molecule is CN(CCCCl)C1CCOC1. The van der Waals surface area contributed by atoms with Crippen LogP contribution in [0.1, 0.15) is 12.8 Å². The highest BCUT2D eigenvalue weighted by Crippen LogP contribution is 2.10. The van der Waals surface area contributed by atoms with Crippen LogP contribution in [0, 0.1) is 0 Å². The number of hydrogen-bond donors (Lipinski definition) is 0. The highest BCUT2D eigenvalue weighted by atomic mass is 35.5. The van der Waals surface area contributed by atoms with E-state index in [0.29, 0.717) is 6.04 Å². The Balaban J connectivity index is 2.12. The van der Waals surface area contributed by atoms with Gasteiger partial charge in [-0.3, -0.25) is 0 Å². The average Bonchev–Trinajstić information content (AvgIpc) is 2.52. The van der Waals surface area contributed by atoms with Gasteiger partial charge in [-0.25, -0.2) is 0 Å². The lowest BCUT2D eigenvalue weighted by Crippen LogP contribution is -2.32. The molecule has 0 spiro atoms. The largest absolute Gasteiger partial charge is 0.380 e. The zero-order valence-electron chi connectivity index (χ0n) is 7.05. The van der Waals surface area contributed by atoms with Crippen LogP contribution >= 0.6 is 11.6 Å². The third-order valence-electron chi connectivity index (χ3n) is 2.17.